The lowest BCUT2D eigenvalue weighted by atomic mass is 9.95. The molecule has 1 saturated heterocycles. The van der Waals surface area contributed by atoms with Crippen LogP contribution in [-0.2, 0) is 0 Å². The molecule has 0 aliphatic carbocycles. The molecule has 0 bridgehead atoms. The van der Waals surface area contributed by atoms with Crippen LogP contribution < -0.4 is 0 Å². The molecule has 1 aliphatic heterocycles. The van der Waals surface area contributed by atoms with E-state index in [9.17, 15) is 5.11 Å². The molecule has 0 radical (unpaired) electrons. The third kappa shape index (κ3) is 3.49. The minimum atomic E-state index is -0.0218. The average Bonchev–Trinajstić information content (AvgIpc) is 3.43. The SMILES string of the molecule is CC1CCCN(C(c2ccc(Br)cc2)c2sc3nc(-c4ccco4)nn3c2O)C1. The second-order valence-corrected chi connectivity index (χ2v) is 9.52. The van der Waals surface area contributed by atoms with Crippen molar-refractivity contribution in [1.82, 2.24) is 19.5 Å². The van der Waals surface area contributed by atoms with Crippen LogP contribution in [0.2, 0.25) is 0 Å². The van der Waals surface area contributed by atoms with Crippen LogP contribution in [0.5, 0.6) is 5.88 Å². The largest absolute Gasteiger partial charge is 0.492 e. The molecule has 6 nitrogen and oxygen atoms in total. The zero-order valence-corrected chi connectivity index (χ0v) is 18.4. The van der Waals surface area contributed by atoms with Crippen molar-refractivity contribution in [1.29, 1.82) is 0 Å². The third-order valence-corrected chi connectivity index (χ3v) is 7.03. The van der Waals surface area contributed by atoms with Gasteiger partial charge >= 0.3 is 0 Å². The van der Waals surface area contributed by atoms with Gasteiger partial charge in [0, 0.05) is 11.0 Å². The Hall–Kier alpha value is -2.16. The first-order chi connectivity index (χ1) is 14.1. The molecule has 0 amide bonds. The van der Waals surface area contributed by atoms with E-state index < -0.39 is 0 Å². The first-order valence-corrected chi connectivity index (χ1v) is 11.3. The number of halogens is 1. The lowest BCUT2D eigenvalue weighted by Gasteiger charge is -2.37. The summed E-state index contributed by atoms with van der Waals surface area (Å²) in [5.74, 6) is 1.86. The van der Waals surface area contributed by atoms with Crippen LogP contribution in [0, 0.1) is 5.92 Å². The van der Waals surface area contributed by atoms with Crippen molar-refractivity contribution in [3.63, 3.8) is 0 Å². The molecule has 8 heteroatoms. The van der Waals surface area contributed by atoms with Crippen molar-refractivity contribution < 1.29 is 9.52 Å². The number of piperidine rings is 1. The van der Waals surface area contributed by atoms with Crippen LogP contribution in [0.1, 0.15) is 36.2 Å². The summed E-state index contributed by atoms with van der Waals surface area (Å²) in [7, 11) is 0. The van der Waals surface area contributed by atoms with E-state index in [-0.39, 0.29) is 11.9 Å². The normalized spacial score (nSPS) is 19.0. The Morgan fingerprint density at radius 3 is 2.79 bits per heavy atom. The van der Waals surface area contributed by atoms with E-state index in [4.69, 9.17) is 4.42 Å². The quantitative estimate of drug-likeness (QED) is 0.434. The van der Waals surface area contributed by atoms with Crippen molar-refractivity contribution in [2.45, 2.75) is 25.8 Å². The molecule has 2 atom stereocenters. The van der Waals surface area contributed by atoms with Crippen LogP contribution in [0.3, 0.4) is 0 Å². The van der Waals surface area contributed by atoms with Crippen LogP contribution in [0.4, 0.5) is 0 Å². The predicted octanol–water partition coefficient (Wildman–Crippen LogP) is 5.34. The molecule has 0 saturated carbocycles. The zero-order chi connectivity index (χ0) is 20.0. The Morgan fingerprint density at radius 2 is 2.10 bits per heavy atom. The maximum atomic E-state index is 11.1. The van der Waals surface area contributed by atoms with Gasteiger partial charge in [-0.1, -0.05) is 46.3 Å². The molecule has 2 unspecified atom stereocenters. The lowest BCUT2D eigenvalue weighted by molar-refractivity contribution is 0.149. The summed E-state index contributed by atoms with van der Waals surface area (Å²) in [4.78, 5) is 8.59. The van der Waals surface area contributed by atoms with Gasteiger partial charge in [-0.05, 0) is 55.1 Å². The van der Waals surface area contributed by atoms with E-state index in [1.807, 2.05) is 6.07 Å². The van der Waals surface area contributed by atoms with Gasteiger partial charge in [-0.15, -0.1) is 5.10 Å². The topological polar surface area (TPSA) is 66.8 Å². The Morgan fingerprint density at radius 1 is 1.28 bits per heavy atom. The van der Waals surface area contributed by atoms with Crippen LogP contribution in [0.25, 0.3) is 16.5 Å². The van der Waals surface area contributed by atoms with E-state index in [1.165, 1.54) is 28.7 Å². The molecule has 4 aromatic rings. The number of rotatable bonds is 4. The van der Waals surface area contributed by atoms with E-state index in [1.54, 1.807) is 12.3 Å². The summed E-state index contributed by atoms with van der Waals surface area (Å²) < 4.78 is 7.96. The monoisotopic (exact) mass is 472 g/mol. The molecule has 5 rings (SSSR count). The van der Waals surface area contributed by atoms with Crippen molar-refractivity contribution in [2.75, 3.05) is 13.1 Å². The van der Waals surface area contributed by atoms with E-state index in [0.717, 1.165) is 28.0 Å². The number of aromatic hydroxyl groups is 1. The molecular formula is C21H21BrN4O2S. The molecule has 0 spiro atoms. The Kier molecular flexibility index (Phi) is 4.93. The fourth-order valence-electron chi connectivity index (χ4n) is 4.07. The second-order valence-electron chi connectivity index (χ2n) is 7.59. The highest BCUT2D eigenvalue weighted by Crippen LogP contribution is 2.42. The van der Waals surface area contributed by atoms with Gasteiger partial charge in [-0.3, -0.25) is 4.90 Å². The van der Waals surface area contributed by atoms with Crippen molar-refractivity contribution >= 4 is 32.2 Å². The molecule has 150 valence electrons. The average molecular weight is 473 g/mol. The smallest absolute Gasteiger partial charge is 0.230 e. The van der Waals surface area contributed by atoms with E-state index in [2.05, 4.69) is 62.1 Å². The first kappa shape index (κ1) is 18.8. The maximum absolute atomic E-state index is 11.1. The number of thiazole rings is 1. The van der Waals surface area contributed by atoms with Gasteiger partial charge in [0.15, 0.2) is 5.76 Å². The standard InChI is InChI=1S/C21H21BrN4O2S/c1-13-4-2-10-25(12-13)17(14-6-8-15(22)9-7-14)18-20(27)26-21(29-18)23-19(24-26)16-5-3-11-28-16/h3,5-9,11,13,17,27H,2,4,10,12H2,1H3. The number of fused-ring (bicyclic) bond motifs is 1. The lowest BCUT2D eigenvalue weighted by Crippen LogP contribution is -2.37. The highest BCUT2D eigenvalue weighted by Gasteiger charge is 2.32. The number of furan rings is 1. The fraction of sp³-hybridized carbons (Fsp3) is 0.333. The number of benzene rings is 1. The summed E-state index contributed by atoms with van der Waals surface area (Å²) >= 11 is 5.01. The zero-order valence-electron chi connectivity index (χ0n) is 16.0. The van der Waals surface area contributed by atoms with Gasteiger partial charge in [0.1, 0.15) is 0 Å². The number of hydrogen-bond donors (Lipinski definition) is 1. The molecule has 1 fully saturated rings. The van der Waals surface area contributed by atoms with Gasteiger partial charge in [0.25, 0.3) is 0 Å². The van der Waals surface area contributed by atoms with Gasteiger partial charge < -0.3 is 9.52 Å². The Labute approximate surface area is 180 Å². The van der Waals surface area contributed by atoms with Crippen LogP contribution >= 0.6 is 27.3 Å². The maximum Gasteiger partial charge on any atom is 0.230 e. The Balaban J connectivity index is 1.59. The molecular weight excluding hydrogens is 452 g/mol. The van der Waals surface area contributed by atoms with E-state index >= 15 is 0 Å². The highest BCUT2D eigenvalue weighted by molar-refractivity contribution is 9.10. The van der Waals surface area contributed by atoms with Crippen molar-refractivity contribution in [3.05, 3.63) is 57.6 Å². The van der Waals surface area contributed by atoms with Gasteiger partial charge in [-0.2, -0.15) is 9.50 Å². The minimum absolute atomic E-state index is 0.0218. The van der Waals surface area contributed by atoms with Crippen molar-refractivity contribution in [2.24, 2.45) is 5.92 Å². The van der Waals surface area contributed by atoms with Crippen LogP contribution in [0.15, 0.2) is 51.6 Å². The molecule has 1 N–H and O–H groups in total. The second kappa shape index (κ2) is 7.59. The number of nitrogens with zero attached hydrogens (tertiary/aromatic N) is 4. The molecule has 3 aromatic heterocycles. The minimum Gasteiger partial charge on any atom is -0.492 e. The summed E-state index contributed by atoms with van der Waals surface area (Å²) in [6.07, 6.45) is 4.01. The number of aromatic nitrogens is 3. The third-order valence-electron chi connectivity index (χ3n) is 5.43. The molecule has 1 aliphatic rings. The van der Waals surface area contributed by atoms with Gasteiger partial charge in [-0.25, -0.2) is 0 Å². The molecule has 4 heterocycles. The fourth-order valence-corrected chi connectivity index (χ4v) is 5.45. The predicted molar refractivity (Wildman–Crippen MR) is 116 cm³/mol. The Bertz CT molecular complexity index is 1120. The summed E-state index contributed by atoms with van der Waals surface area (Å²) in [5.41, 5.74) is 1.16. The summed E-state index contributed by atoms with van der Waals surface area (Å²) in [5, 5.41) is 15.6. The molecule has 1 aromatic carbocycles. The summed E-state index contributed by atoms with van der Waals surface area (Å²) in [6.45, 7) is 4.31. The number of likely N-dealkylation sites (tertiary alicyclic amines) is 1. The first-order valence-electron chi connectivity index (χ1n) is 9.72. The van der Waals surface area contributed by atoms with Crippen molar-refractivity contribution in [3.8, 4) is 17.5 Å². The van der Waals surface area contributed by atoms with Crippen LogP contribution in [-0.4, -0.2) is 37.7 Å². The number of hydrogen-bond acceptors (Lipinski definition) is 6. The van der Waals surface area contributed by atoms with E-state index in [0.29, 0.717) is 22.5 Å². The van der Waals surface area contributed by atoms with Gasteiger partial charge in [0.2, 0.25) is 16.7 Å². The highest BCUT2D eigenvalue weighted by atomic mass is 79.9. The molecule has 29 heavy (non-hydrogen) atoms. The van der Waals surface area contributed by atoms with Gasteiger partial charge in [0.05, 0.1) is 17.2 Å². The summed E-state index contributed by atoms with van der Waals surface area (Å²) in [6, 6.07) is 12.0.